The van der Waals surface area contributed by atoms with Crippen molar-refractivity contribution in [3.8, 4) is 0 Å². The van der Waals surface area contributed by atoms with Crippen LogP contribution in [0.3, 0.4) is 0 Å². The van der Waals surface area contributed by atoms with Gasteiger partial charge in [-0.2, -0.15) is 0 Å². The first-order chi connectivity index (χ1) is 9.52. The number of rotatable bonds is 7. The average Bonchev–Trinajstić information content (AvgIpc) is 2.44. The van der Waals surface area contributed by atoms with E-state index in [4.69, 9.17) is 17.3 Å². The second kappa shape index (κ2) is 8.27. The molecule has 0 unspecified atom stereocenters. The Bertz CT molecular complexity index is 477. The van der Waals surface area contributed by atoms with Crippen molar-refractivity contribution in [3.63, 3.8) is 0 Å². The average molecular weight is 294 g/mol. The first-order valence-corrected chi connectivity index (χ1v) is 6.70. The van der Waals surface area contributed by atoms with Gasteiger partial charge in [0.2, 0.25) is 5.91 Å². The summed E-state index contributed by atoms with van der Waals surface area (Å²) in [5.74, 6) is -1.30. The molecule has 0 radical (unpaired) electrons. The van der Waals surface area contributed by atoms with Crippen LogP contribution in [0.15, 0.2) is 30.3 Å². The molecule has 0 aliphatic heterocycles. The Balaban J connectivity index is 2.63. The maximum atomic E-state index is 11.7. The first-order valence-electron chi connectivity index (χ1n) is 6.29. The van der Waals surface area contributed by atoms with Crippen LogP contribution in [0.25, 0.3) is 0 Å². The Morgan fingerprint density at radius 1 is 1.25 bits per heavy atom. The second-order valence-electron chi connectivity index (χ2n) is 4.32. The third-order valence-electron chi connectivity index (χ3n) is 2.75. The maximum absolute atomic E-state index is 11.7. The van der Waals surface area contributed by atoms with E-state index >= 15 is 0 Å². The molecule has 0 aromatic heterocycles. The van der Waals surface area contributed by atoms with Crippen LogP contribution in [0, 0.1) is 0 Å². The van der Waals surface area contributed by atoms with Crippen molar-refractivity contribution >= 4 is 29.1 Å². The van der Waals surface area contributed by atoms with Crippen LogP contribution < -0.4 is 10.6 Å². The van der Waals surface area contributed by atoms with Crippen LogP contribution in [0.4, 0.5) is 0 Å². The summed E-state index contributed by atoms with van der Waals surface area (Å²) in [6.07, 6.45) is 0.336. The number of hydrogen-bond donors (Lipinski definition) is 3. The SMILES string of the molecule is CNC(=S)[C@H](Cc1ccccc1)NC(=O)CCC(=O)O. The third kappa shape index (κ3) is 5.79. The molecular formula is C14H18N2O3S. The number of carboxylic acid groups (broad SMARTS) is 1. The fourth-order valence-electron chi connectivity index (χ4n) is 1.72. The summed E-state index contributed by atoms with van der Waals surface area (Å²) in [6.45, 7) is 0. The van der Waals surface area contributed by atoms with E-state index in [2.05, 4.69) is 10.6 Å². The molecule has 0 saturated carbocycles. The quantitative estimate of drug-likeness (QED) is 0.657. The number of carbonyl (C=O) groups excluding carboxylic acids is 1. The smallest absolute Gasteiger partial charge is 0.303 e. The molecule has 0 aliphatic carbocycles. The number of carbonyl (C=O) groups is 2. The number of benzene rings is 1. The summed E-state index contributed by atoms with van der Waals surface area (Å²) in [6, 6.07) is 9.32. The van der Waals surface area contributed by atoms with Gasteiger partial charge in [-0.3, -0.25) is 9.59 Å². The minimum absolute atomic E-state index is 0.0487. The Morgan fingerprint density at radius 2 is 1.90 bits per heavy atom. The molecule has 20 heavy (non-hydrogen) atoms. The van der Waals surface area contributed by atoms with Crippen molar-refractivity contribution in [2.24, 2.45) is 0 Å². The lowest BCUT2D eigenvalue weighted by molar-refractivity contribution is -0.138. The van der Waals surface area contributed by atoms with E-state index in [-0.39, 0.29) is 24.8 Å². The largest absolute Gasteiger partial charge is 0.481 e. The van der Waals surface area contributed by atoms with Crippen LogP contribution in [0.5, 0.6) is 0 Å². The molecule has 1 amide bonds. The highest BCUT2D eigenvalue weighted by Crippen LogP contribution is 2.05. The zero-order valence-corrected chi connectivity index (χ0v) is 12.1. The van der Waals surface area contributed by atoms with Gasteiger partial charge in [-0.05, 0) is 12.0 Å². The van der Waals surface area contributed by atoms with Crippen LogP contribution in [0.2, 0.25) is 0 Å². The lowest BCUT2D eigenvalue weighted by Crippen LogP contribution is -2.46. The van der Waals surface area contributed by atoms with E-state index in [1.54, 1.807) is 7.05 Å². The Morgan fingerprint density at radius 3 is 2.45 bits per heavy atom. The maximum Gasteiger partial charge on any atom is 0.303 e. The predicted octanol–water partition coefficient (Wildman–Crippen LogP) is 1.13. The van der Waals surface area contributed by atoms with Crippen molar-refractivity contribution in [2.75, 3.05) is 7.05 Å². The zero-order chi connectivity index (χ0) is 15.0. The molecule has 0 spiro atoms. The number of aliphatic carboxylic acids is 1. The van der Waals surface area contributed by atoms with Gasteiger partial charge < -0.3 is 15.7 Å². The Hall–Kier alpha value is -1.95. The van der Waals surface area contributed by atoms with Crippen molar-refractivity contribution in [1.82, 2.24) is 10.6 Å². The number of hydrogen-bond acceptors (Lipinski definition) is 3. The highest BCUT2D eigenvalue weighted by atomic mass is 32.1. The van der Waals surface area contributed by atoms with Crippen molar-refractivity contribution in [2.45, 2.75) is 25.3 Å². The van der Waals surface area contributed by atoms with Crippen molar-refractivity contribution < 1.29 is 14.7 Å². The molecule has 0 aliphatic rings. The molecule has 1 atom stereocenters. The molecule has 5 nitrogen and oxygen atoms in total. The normalized spacial score (nSPS) is 11.4. The molecule has 1 aromatic carbocycles. The second-order valence-corrected chi connectivity index (χ2v) is 4.76. The molecule has 0 bridgehead atoms. The van der Waals surface area contributed by atoms with E-state index in [9.17, 15) is 9.59 Å². The summed E-state index contributed by atoms with van der Waals surface area (Å²) in [7, 11) is 1.70. The van der Waals surface area contributed by atoms with Gasteiger partial charge in [0.1, 0.15) is 0 Å². The summed E-state index contributed by atoms with van der Waals surface area (Å²) in [5, 5.41) is 14.2. The topological polar surface area (TPSA) is 78.4 Å². The van der Waals surface area contributed by atoms with E-state index in [1.165, 1.54) is 0 Å². The number of carboxylic acids is 1. The molecule has 0 fully saturated rings. The van der Waals surface area contributed by atoms with Gasteiger partial charge in [0.05, 0.1) is 17.5 Å². The van der Waals surface area contributed by atoms with E-state index < -0.39 is 5.97 Å². The molecule has 0 saturated heterocycles. The van der Waals surface area contributed by atoms with Crippen molar-refractivity contribution in [1.29, 1.82) is 0 Å². The van der Waals surface area contributed by atoms with Gasteiger partial charge in [0.25, 0.3) is 0 Å². The monoisotopic (exact) mass is 294 g/mol. The van der Waals surface area contributed by atoms with Gasteiger partial charge in [0.15, 0.2) is 0 Å². The molecule has 0 heterocycles. The summed E-state index contributed by atoms with van der Waals surface area (Å²) in [5.41, 5.74) is 1.05. The van der Waals surface area contributed by atoms with Crippen LogP contribution in [-0.2, 0) is 16.0 Å². The lowest BCUT2D eigenvalue weighted by Gasteiger charge is -2.19. The van der Waals surface area contributed by atoms with E-state index in [0.717, 1.165) is 5.56 Å². The fraction of sp³-hybridized carbons (Fsp3) is 0.357. The van der Waals surface area contributed by atoms with Gasteiger partial charge >= 0.3 is 5.97 Å². The fourth-order valence-corrected chi connectivity index (χ4v) is 1.86. The highest BCUT2D eigenvalue weighted by molar-refractivity contribution is 7.80. The lowest BCUT2D eigenvalue weighted by atomic mass is 10.1. The standard InChI is InChI=1S/C14H18N2O3S/c1-15-14(20)11(9-10-5-3-2-4-6-10)16-12(17)7-8-13(18)19/h2-6,11H,7-9H2,1H3,(H,15,20)(H,16,17)(H,18,19)/t11-/m0/s1. The molecule has 3 N–H and O–H groups in total. The van der Waals surface area contributed by atoms with E-state index in [0.29, 0.717) is 11.4 Å². The van der Waals surface area contributed by atoms with E-state index in [1.807, 2.05) is 30.3 Å². The van der Waals surface area contributed by atoms with Crippen LogP contribution in [-0.4, -0.2) is 35.1 Å². The molecule has 6 heteroatoms. The van der Waals surface area contributed by atoms with Gasteiger partial charge in [0, 0.05) is 13.5 Å². The summed E-state index contributed by atoms with van der Waals surface area (Å²) >= 11 is 5.19. The predicted molar refractivity (Wildman–Crippen MR) is 80.6 cm³/mol. The van der Waals surface area contributed by atoms with Gasteiger partial charge in [-0.25, -0.2) is 0 Å². The van der Waals surface area contributed by atoms with Crippen LogP contribution >= 0.6 is 12.2 Å². The molecular weight excluding hydrogens is 276 g/mol. The minimum Gasteiger partial charge on any atom is -0.481 e. The number of thiocarbonyl (C=S) groups is 1. The number of likely N-dealkylation sites (N-methyl/N-ethyl adjacent to an activating group) is 1. The summed E-state index contributed by atoms with van der Waals surface area (Å²) < 4.78 is 0. The molecule has 1 aromatic rings. The Labute approximate surface area is 123 Å². The first kappa shape index (κ1) is 16.1. The molecule has 108 valence electrons. The molecule has 1 rings (SSSR count). The van der Waals surface area contributed by atoms with Gasteiger partial charge in [-0.15, -0.1) is 0 Å². The Kier molecular flexibility index (Phi) is 6.66. The minimum atomic E-state index is -0.990. The van der Waals surface area contributed by atoms with Crippen LogP contribution in [0.1, 0.15) is 18.4 Å². The van der Waals surface area contributed by atoms with Crippen molar-refractivity contribution in [3.05, 3.63) is 35.9 Å². The highest BCUT2D eigenvalue weighted by Gasteiger charge is 2.17. The summed E-state index contributed by atoms with van der Waals surface area (Å²) in [4.78, 5) is 22.7. The van der Waals surface area contributed by atoms with Gasteiger partial charge in [-0.1, -0.05) is 42.5 Å². The number of amides is 1. The third-order valence-corrected chi connectivity index (χ3v) is 3.24. The number of nitrogens with one attached hydrogen (secondary N) is 2. The zero-order valence-electron chi connectivity index (χ0n) is 11.3.